The standard InChI is InChI=1S/C47H37N4O.Pt/c1-46(2)37-23-14-24-41(52)42(37)43-38(47(46,3)4)25-26-39(49-43)40-29-51(45(50-40)36-28-48-27-32-19-11-12-20-33(32)36)44-34(30-15-7-5-8-16-30)21-13-22-35(44)31-17-9-6-10-18-31;/h5-19,21-29,52H,1-4H3;/q-1;. The largest absolute Gasteiger partial charge is 0.507 e. The van der Waals surface area contributed by atoms with Gasteiger partial charge in [0.25, 0.3) is 0 Å². The Labute approximate surface area is 324 Å². The van der Waals surface area contributed by atoms with E-state index in [1.807, 2.05) is 42.7 Å². The number of nitrogens with zero attached hydrogens (tertiary/aromatic N) is 4. The van der Waals surface area contributed by atoms with E-state index in [4.69, 9.17) is 9.97 Å². The molecule has 6 heteroatoms. The van der Waals surface area contributed by atoms with Crippen molar-refractivity contribution in [1.82, 2.24) is 19.5 Å². The van der Waals surface area contributed by atoms with Crippen LogP contribution in [-0.4, -0.2) is 24.6 Å². The van der Waals surface area contributed by atoms with E-state index in [1.165, 1.54) is 0 Å². The predicted octanol–water partition coefficient (Wildman–Crippen LogP) is 11.2. The van der Waals surface area contributed by atoms with E-state index in [0.717, 1.165) is 78.2 Å². The van der Waals surface area contributed by atoms with Gasteiger partial charge >= 0.3 is 0 Å². The molecule has 0 saturated carbocycles. The van der Waals surface area contributed by atoms with Crippen molar-refractivity contribution in [2.24, 2.45) is 0 Å². The van der Waals surface area contributed by atoms with Crippen molar-refractivity contribution in [3.8, 4) is 67.7 Å². The third-order valence-electron chi connectivity index (χ3n) is 11.3. The Bertz CT molecular complexity index is 2580. The maximum absolute atomic E-state index is 11.3. The summed E-state index contributed by atoms with van der Waals surface area (Å²) < 4.78 is 2.21. The first-order valence-electron chi connectivity index (χ1n) is 17.7. The molecule has 1 aliphatic rings. The van der Waals surface area contributed by atoms with Gasteiger partial charge in [-0.3, -0.25) is 4.98 Å². The minimum atomic E-state index is -0.247. The topological polar surface area (TPSA) is 63.8 Å². The maximum atomic E-state index is 11.3. The molecule has 0 unspecified atom stereocenters. The molecule has 0 radical (unpaired) electrons. The van der Waals surface area contributed by atoms with Gasteiger partial charge in [-0.2, -0.15) is 0 Å². The minimum Gasteiger partial charge on any atom is -0.507 e. The van der Waals surface area contributed by atoms with E-state index < -0.39 is 0 Å². The number of hydrogen-bond acceptors (Lipinski definition) is 4. The molecular weight excluding hydrogens is 832 g/mol. The Balaban J connectivity index is 0.00000400. The fraction of sp³-hybridized carbons (Fsp3) is 0.128. The normalized spacial score (nSPS) is 13.9. The van der Waals surface area contributed by atoms with Crippen molar-refractivity contribution in [3.63, 3.8) is 0 Å². The number of aromatic nitrogens is 4. The summed E-state index contributed by atoms with van der Waals surface area (Å²) in [6.07, 6.45) is 5.85. The number of benzene rings is 5. The molecule has 3 heterocycles. The number of aromatic hydroxyl groups is 1. The average Bonchev–Trinajstić information content (AvgIpc) is 3.62. The third kappa shape index (κ3) is 5.45. The zero-order valence-electron chi connectivity index (χ0n) is 29.9. The average molecular weight is 869 g/mol. The van der Waals surface area contributed by atoms with Crippen LogP contribution in [0, 0.1) is 6.07 Å². The Kier molecular flexibility index (Phi) is 8.51. The van der Waals surface area contributed by atoms with Gasteiger partial charge in [0.2, 0.25) is 0 Å². The molecule has 1 N–H and O–H groups in total. The number of phenolic OH excluding ortho intramolecular Hbond substituents is 1. The Hall–Kier alpha value is -5.64. The molecule has 8 aromatic rings. The Morgan fingerprint density at radius 1 is 0.604 bits per heavy atom. The zero-order valence-corrected chi connectivity index (χ0v) is 32.2. The van der Waals surface area contributed by atoms with Crippen LogP contribution in [0.15, 0.2) is 146 Å². The van der Waals surface area contributed by atoms with Crippen LogP contribution in [0.5, 0.6) is 5.75 Å². The summed E-state index contributed by atoms with van der Waals surface area (Å²) in [6.45, 7) is 9.03. The number of rotatable bonds is 5. The molecule has 0 fully saturated rings. The Morgan fingerprint density at radius 3 is 1.96 bits per heavy atom. The smallest absolute Gasteiger partial charge is 0.125 e. The quantitative estimate of drug-likeness (QED) is 0.175. The fourth-order valence-corrected chi connectivity index (χ4v) is 7.87. The summed E-state index contributed by atoms with van der Waals surface area (Å²) >= 11 is 0. The van der Waals surface area contributed by atoms with E-state index in [2.05, 4.69) is 141 Å². The first-order chi connectivity index (χ1) is 25.2. The van der Waals surface area contributed by atoms with Gasteiger partial charge in [0.05, 0.1) is 17.1 Å². The monoisotopic (exact) mass is 868 g/mol. The number of phenols is 1. The second-order valence-electron chi connectivity index (χ2n) is 14.6. The van der Waals surface area contributed by atoms with Crippen LogP contribution in [0.3, 0.4) is 0 Å². The summed E-state index contributed by atoms with van der Waals surface area (Å²) in [5, 5.41) is 13.2. The van der Waals surface area contributed by atoms with E-state index >= 15 is 0 Å². The summed E-state index contributed by atoms with van der Waals surface area (Å²) in [5.41, 5.74) is 10.9. The number of pyridine rings is 2. The zero-order chi connectivity index (χ0) is 35.6. The molecular formula is C47H37N4OPt-. The molecule has 5 nitrogen and oxygen atoms in total. The molecule has 262 valence electrons. The first-order valence-corrected chi connectivity index (χ1v) is 17.7. The van der Waals surface area contributed by atoms with E-state index in [1.54, 1.807) is 6.07 Å². The van der Waals surface area contributed by atoms with Crippen molar-refractivity contribution in [2.45, 2.75) is 38.5 Å². The van der Waals surface area contributed by atoms with Crippen molar-refractivity contribution < 1.29 is 26.2 Å². The molecule has 5 aromatic carbocycles. The molecule has 3 aromatic heterocycles. The van der Waals surface area contributed by atoms with Crippen LogP contribution in [0.1, 0.15) is 38.8 Å². The third-order valence-corrected chi connectivity index (χ3v) is 11.3. The van der Waals surface area contributed by atoms with Gasteiger partial charge in [0, 0.05) is 49.4 Å². The van der Waals surface area contributed by atoms with Gasteiger partial charge < -0.3 is 9.67 Å². The second-order valence-corrected chi connectivity index (χ2v) is 14.6. The van der Waals surface area contributed by atoms with Gasteiger partial charge in [0.1, 0.15) is 17.3 Å². The van der Waals surface area contributed by atoms with Crippen molar-refractivity contribution in [3.05, 3.63) is 163 Å². The van der Waals surface area contributed by atoms with Crippen molar-refractivity contribution in [2.75, 3.05) is 0 Å². The molecule has 53 heavy (non-hydrogen) atoms. The number of fused-ring (bicyclic) bond motifs is 4. The number of hydrogen-bond donors (Lipinski definition) is 1. The predicted molar refractivity (Wildman–Crippen MR) is 210 cm³/mol. The second kappa shape index (κ2) is 13.1. The van der Waals surface area contributed by atoms with Crippen LogP contribution in [0.2, 0.25) is 0 Å². The van der Waals surface area contributed by atoms with E-state index in [0.29, 0.717) is 5.69 Å². The van der Waals surface area contributed by atoms with Crippen LogP contribution >= 0.6 is 0 Å². The van der Waals surface area contributed by atoms with Gasteiger partial charge in [-0.1, -0.05) is 130 Å². The SMILES string of the molecule is CC1(C)c2ccc(-c3cn(-c4c(-c5ccccc5)cccc4-c4ccccc4)c(-c4cncc5ccc[c-]c45)n3)nc2-c2c(O)cccc2C1(C)C.[Pt]. The number of imidazole rings is 1. The summed E-state index contributed by atoms with van der Waals surface area (Å²) in [4.78, 5) is 15.4. The molecule has 0 bridgehead atoms. The Morgan fingerprint density at radius 2 is 1.26 bits per heavy atom. The van der Waals surface area contributed by atoms with Crippen LogP contribution in [0.25, 0.3) is 72.7 Å². The van der Waals surface area contributed by atoms with Crippen molar-refractivity contribution in [1.29, 1.82) is 0 Å². The molecule has 0 spiro atoms. The molecule has 1 aliphatic carbocycles. The van der Waals surface area contributed by atoms with Gasteiger partial charge in [-0.15, -0.1) is 29.7 Å². The molecule has 0 saturated heterocycles. The maximum Gasteiger partial charge on any atom is 0.125 e. The molecule has 0 aliphatic heterocycles. The van der Waals surface area contributed by atoms with Crippen molar-refractivity contribution >= 4 is 10.8 Å². The van der Waals surface area contributed by atoms with E-state index in [9.17, 15) is 5.11 Å². The summed E-state index contributed by atoms with van der Waals surface area (Å²) in [6, 6.07) is 47.0. The van der Waals surface area contributed by atoms with Crippen LogP contribution in [-0.2, 0) is 31.9 Å². The van der Waals surface area contributed by atoms with Crippen LogP contribution < -0.4 is 0 Å². The van der Waals surface area contributed by atoms with Gasteiger partial charge in [-0.25, -0.2) is 9.97 Å². The van der Waals surface area contributed by atoms with E-state index in [-0.39, 0.29) is 37.6 Å². The number of para-hydroxylation sites is 1. The summed E-state index contributed by atoms with van der Waals surface area (Å²) in [7, 11) is 0. The summed E-state index contributed by atoms with van der Waals surface area (Å²) in [5.74, 6) is 0.972. The van der Waals surface area contributed by atoms with Crippen LogP contribution in [0.4, 0.5) is 0 Å². The first kappa shape index (κ1) is 34.4. The minimum absolute atomic E-state index is 0. The molecule has 0 amide bonds. The molecule has 0 atom stereocenters. The van der Waals surface area contributed by atoms with Gasteiger partial charge in [0.15, 0.2) is 0 Å². The molecule has 9 rings (SSSR count). The fourth-order valence-electron chi connectivity index (χ4n) is 7.87. The van der Waals surface area contributed by atoms with Gasteiger partial charge in [-0.05, 0) is 57.8 Å².